The molecule has 1 atom stereocenters. The Balaban J connectivity index is 0.00000225. The smallest absolute Gasteiger partial charge is 0.873 e. The van der Waals surface area contributed by atoms with Crippen molar-refractivity contribution < 1.29 is 28.4 Å². The number of hydrogen-bond donors (Lipinski definition) is 0. The molecular formula is C12H21LiO2Si. The molecule has 86 valence electrons. The molecular weight excluding hydrogens is 211 g/mol. The summed E-state index contributed by atoms with van der Waals surface area (Å²) in [5.74, 6) is 0.102. The first-order valence-corrected chi connectivity index (χ1v) is 8.36. The van der Waals surface area contributed by atoms with Crippen LogP contribution < -0.4 is 24.0 Å². The van der Waals surface area contributed by atoms with Crippen LogP contribution in [0, 0.1) is 0 Å². The summed E-state index contributed by atoms with van der Waals surface area (Å²) in [7, 11) is -1.70. The summed E-state index contributed by atoms with van der Waals surface area (Å²) in [6.45, 7) is 11.1. The first-order valence-electron chi connectivity index (χ1n) is 5.45. The van der Waals surface area contributed by atoms with Gasteiger partial charge in [-0.15, -0.1) is 5.76 Å². The zero-order valence-electron chi connectivity index (χ0n) is 11.3. The summed E-state index contributed by atoms with van der Waals surface area (Å²) in [4.78, 5) is 0. The molecule has 0 spiro atoms. The van der Waals surface area contributed by atoms with Crippen LogP contribution >= 0.6 is 0 Å². The second-order valence-corrected chi connectivity index (χ2v) is 10.4. The molecule has 0 unspecified atom stereocenters. The van der Waals surface area contributed by atoms with Crippen molar-refractivity contribution in [2.45, 2.75) is 51.4 Å². The topological polar surface area (TPSA) is 32.3 Å². The summed E-state index contributed by atoms with van der Waals surface area (Å²) in [5, 5.41) is 11.2. The summed E-state index contributed by atoms with van der Waals surface area (Å²) in [6.07, 6.45) is 6.03. The van der Waals surface area contributed by atoms with Crippen molar-refractivity contribution >= 4 is 8.32 Å². The van der Waals surface area contributed by atoms with E-state index >= 15 is 0 Å². The van der Waals surface area contributed by atoms with E-state index in [0.29, 0.717) is 0 Å². The molecule has 0 saturated carbocycles. The predicted molar refractivity (Wildman–Crippen MR) is 63.9 cm³/mol. The van der Waals surface area contributed by atoms with Gasteiger partial charge in [0.2, 0.25) is 0 Å². The van der Waals surface area contributed by atoms with E-state index in [2.05, 4.69) is 33.9 Å². The molecule has 1 aliphatic rings. The minimum atomic E-state index is -1.70. The van der Waals surface area contributed by atoms with Gasteiger partial charge in [-0.1, -0.05) is 39.0 Å². The van der Waals surface area contributed by atoms with E-state index in [-0.39, 0.29) is 35.8 Å². The van der Waals surface area contributed by atoms with Crippen molar-refractivity contribution in [2.24, 2.45) is 0 Å². The molecule has 2 nitrogen and oxygen atoms in total. The van der Waals surface area contributed by atoms with Crippen LogP contribution in [0.25, 0.3) is 0 Å². The fourth-order valence-electron chi connectivity index (χ4n) is 1.22. The molecule has 0 amide bonds. The van der Waals surface area contributed by atoms with Crippen molar-refractivity contribution in [3.8, 4) is 0 Å². The zero-order chi connectivity index (χ0) is 11.7. The Morgan fingerprint density at radius 2 is 1.94 bits per heavy atom. The zero-order valence-corrected chi connectivity index (χ0v) is 12.3. The Morgan fingerprint density at radius 3 is 2.31 bits per heavy atom. The molecule has 0 aromatic heterocycles. The molecule has 0 N–H and O–H groups in total. The second-order valence-electron chi connectivity index (χ2n) is 5.62. The molecule has 0 heterocycles. The first-order chi connectivity index (χ1) is 6.72. The van der Waals surface area contributed by atoms with E-state index < -0.39 is 8.32 Å². The molecule has 0 aromatic carbocycles. The maximum atomic E-state index is 11.0. The number of rotatable bonds is 2. The van der Waals surface area contributed by atoms with E-state index in [1.54, 1.807) is 12.2 Å². The van der Waals surface area contributed by atoms with Gasteiger partial charge in [0.1, 0.15) is 0 Å². The maximum Gasteiger partial charge on any atom is 1.00 e. The van der Waals surface area contributed by atoms with E-state index in [4.69, 9.17) is 4.43 Å². The quantitative estimate of drug-likeness (QED) is 0.606. The van der Waals surface area contributed by atoms with Crippen LogP contribution in [0.5, 0.6) is 0 Å². The van der Waals surface area contributed by atoms with Crippen LogP contribution in [0.15, 0.2) is 24.0 Å². The van der Waals surface area contributed by atoms with Gasteiger partial charge in [-0.2, -0.15) is 0 Å². The van der Waals surface area contributed by atoms with Gasteiger partial charge < -0.3 is 9.53 Å². The number of allylic oxidation sites excluding steroid dienone is 1. The normalized spacial score (nSPS) is 21.3. The fraction of sp³-hybridized carbons (Fsp3) is 0.667. The standard InChI is InChI=1S/C12H22O2Si.Li/c1-12(2,3)15(4,5)14-11-8-6-10(13)7-9-11;/h6-8,11,13H,9H2,1-5H3;/q;+1/p-1/t11-;/m0./s1. The van der Waals surface area contributed by atoms with Crippen molar-refractivity contribution in [1.82, 2.24) is 0 Å². The Kier molecular flexibility index (Phi) is 5.61. The van der Waals surface area contributed by atoms with E-state index in [0.717, 1.165) is 6.42 Å². The number of hydrogen-bond acceptors (Lipinski definition) is 2. The summed E-state index contributed by atoms with van der Waals surface area (Å²) < 4.78 is 6.16. The average Bonchev–Trinajstić information content (AvgIpc) is 2.06. The molecule has 0 radical (unpaired) electrons. The monoisotopic (exact) mass is 232 g/mol. The van der Waals surface area contributed by atoms with Gasteiger partial charge in [-0.3, -0.25) is 0 Å². The van der Waals surface area contributed by atoms with Gasteiger partial charge in [0.15, 0.2) is 8.32 Å². The first kappa shape index (κ1) is 16.1. The largest absolute Gasteiger partial charge is 1.00 e. The second kappa shape index (κ2) is 5.59. The van der Waals surface area contributed by atoms with Crippen LogP contribution in [0.2, 0.25) is 18.1 Å². The fourth-order valence-corrected chi connectivity index (χ4v) is 2.51. The Bertz CT molecular complexity index is 290. The van der Waals surface area contributed by atoms with Crippen LogP contribution in [0.1, 0.15) is 27.2 Å². The van der Waals surface area contributed by atoms with E-state index in [9.17, 15) is 5.11 Å². The Hall–Kier alpha value is 0.0543. The van der Waals surface area contributed by atoms with E-state index in [1.165, 1.54) is 0 Å². The third-order valence-electron chi connectivity index (χ3n) is 3.28. The maximum absolute atomic E-state index is 11.0. The summed E-state index contributed by atoms with van der Waals surface area (Å²) in [6, 6.07) is 0. The van der Waals surface area contributed by atoms with Crippen molar-refractivity contribution in [2.75, 3.05) is 0 Å². The Labute approximate surface area is 112 Å². The minimum Gasteiger partial charge on any atom is -0.873 e. The Morgan fingerprint density at radius 1 is 1.38 bits per heavy atom. The van der Waals surface area contributed by atoms with Crippen LogP contribution in [-0.2, 0) is 4.43 Å². The van der Waals surface area contributed by atoms with Crippen molar-refractivity contribution in [3.05, 3.63) is 24.0 Å². The molecule has 0 saturated heterocycles. The molecule has 0 bridgehead atoms. The molecule has 0 fully saturated rings. The third-order valence-corrected chi connectivity index (χ3v) is 7.78. The third kappa shape index (κ3) is 4.14. The molecule has 0 aromatic rings. The van der Waals surface area contributed by atoms with Crippen LogP contribution in [0.4, 0.5) is 0 Å². The molecule has 0 aliphatic heterocycles. The van der Waals surface area contributed by atoms with Gasteiger partial charge in [-0.25, -0.2) is 0 Å². The minimum absolute atomic E-state index is 0. The van der Waals surface area contributed by atoms with E-state index in [1.807, 2.05) is 6.08 Å². The predicted octanol–water partition coefficient (Wildman–Crippen LogP) is -0.415. The molecule has 4 heteroatoms. The van der Waals surface area contributed by atoms with Gasteiger partial charge >= 0.3 is 18.9 Å². The van der Waals surface area contributed by atoms with Gasteiger partial charge in [0, 0.05) is 0 Å². The van der Waals surface area contributed by atoms with Gasteiger partial charge in [0.25, 0.3) is 0 Å². The SMILES string of the molecule is CC(C)(C)[Si](C)(C)O[C@H]1C=CC([O-])=CC1.[Li+]. The molecule has 1 rings (SSSR count). The molecule has 1 aliphatic carbocycles. The van der Waals surface area contributed by atoms with Gasteiger partial charge in [-0.05, 0) is 24.6 Å². The van der Waals surface area contributed by atoms with Gasteiger partial charge in [0.05, 0.1) is 6.10 Å². The van der Waals surface area contributed by atoms with Crippen molar-refractivity contribution in [3.63, 3.8) is 0 Å². The average molecular weight is 232 g/mol. The van der Waals surface area contributed by atoms with Crippen molar-refractivity contribution in [1.29, 1.82) is 0 Å². The van der Waals surface area contributed by atoms with Crippen LogP contribution in [0.3, 0.4) is 0 Å². The molecule has 16 heavy (non-hydrogen) atoms. The summed E-state index contributed by atoms with van der Waals surface area (Å²) >= 11 is 0. The van der Waals surface area contributed by atoms with Crippen LogP contribution in [-0.4, -0.2) is 14.4 Å². The summed E-state index contributed by atoms with van der Waals surface area (Å²) in [5.41, 5.74) is 0.